The number of amides is 2. The Kier molecular flexibility index (Phi) is 5.27. The number of hydrogen-bond donors (Lipinski definition) is 3. The van der Waals surface area contributed by atoms with E-state index in [0.717, 1.165) is 25.9 Å². The van der Waals surface area contributed by atoms with Gasteiger partial charge < -0.3 is 15.5 Å². The van der Waals surface area contributed by atoms with Crippen LogP contribution in [0, 0.1) is 5.82 Å². The van der Waals surface area contributed by atoms with Crippen molar-refractivity contribution in [3.8, 4) is 0 Å². The molecule has 2 amide bonds. The van der Waals surface area contributed by atoms with Crippen molar-refractivity contribution in [1.82, 2.24) is 5.32 Å². The lowest BCUT2D eigenvalue weighted by molar-refractivity contribution is -0.909. The maximum absolute atomic E-state index is 12.8. The third kappa shape index (κ3) is 4.26. The van der Waals surface area contributed by atoms with Crippen molar-refractivity contribution >= 4 is 17.5 Å². The van der Waals surface area contributed by atoms with Gasteiger partial charge in [-0.2, -0.15) is 0 Å². The Balaban J connectivity index is 1.80. The number of hydrogen-bond acceptors (Lipinski definition) is 2. The Labute approximate surface area is 123 Å². The molecule has 0 saturated carbocycles. The first-order valence-corrected chi connectivity index (χ1v) is 7.29. The molecule has 21 heavy (non-hydrogen) atoms. The minimum atomic E-state index is -0.724. The molecule has 0 spiro atoms. The third-order valence-corrected chi connectivity index (χ3v) is 3.90. The summed E-state index contributed by atoms with van der Waals surface area (Å²) in [5.41, 5.74) is 0.401. The van der Waals surface area contributed by atoms with Crippen LogP contribution in [0.25, 0.3) is 0 Å². The standard InChI is InChI=1S/C15H20FN3O2/c1-2-19-9-3-4-13(19)10-17-14(20)15(21)18-12-7-5-11(16)6-8-12/h5-8,13H,2-4,9-10H2,1H3,(H,17,20)(H,18,21)/p+1/t13-/m1/s1. The molecule has 1 aliphatic heterocycles. The van der Waals surface area contributed by atoms with Crippen LogP contribution in [0.5, 0.6) is 0 Å². The van der Waals surface area contributed by atoms with Crippen molar-refractivity contribution in [3.63, 3.8) is 0 Å². The minimum absolute atomic E-state index is 0.387. The van der Waals surface area contributed by atoms with E-state index in [0.29, 0.717) is 18.3 Å². The Morgan fingerprint density at radius 2 is 2.00 bits per heavy atom. The highest BCUT2D eigenvalue weighted by molar-refractivity contribution is 6.39. The van der Waals surface area contributed by atoms with Gasteiger partial charge >= 0.3 is 11.8 Å². The zero-order valence-electron chi connectivity index (χ0n) is 12.1. The Morgan fingerprint density at radius 1 is 1.29 bits per heavy atom. The smallest absolute Gasteiger partial charge is 0.313 e. The number of quaternary nitrogens is 1. The van der Waals surface area contributed by atoms with Gasteiger partial charge in [0.2, 0.25) is 0 Å². The SMILES string of the molecule is CC[NH+]1CCC[C@@H]1CNC(=O)C(=O)Nc1ccc(F)cc1. The van der Waals surface area contributed by atoms with E-state index in [1.54, 1.807) is 0 Å². The minimum Gasteiger partial charge on any atom is -0.342 e. The molecule has 1 saturated heterocycles. The first kappa shape index (κ1) is 15.4. The number of anilines is 1. The molecule has 0 radical (unpaired) electrons. The Hall–Kier alpha value is -1.95. The average Bonchev–Trinajstić information content (AvgIpc) is 2.94. The van der Waals surface area contributed by atoms with Crippen LogP contribution in [0.3, 0.4) is 0 Å². The van der Waals surface area contributed by atoms with Crippen molar-refractivity contribution in [2.75, 3.05) is 25.0 Å². The number of benzene rings is 1. The predicted molar refractivity (Wildman–Crippen MR) is 77.4 cm³/mol. The molecule has 1 unspecified atom stereocenters. The van der Waals surface area contributed by atoms with Gasteiger partial charge in [-0.1, -0.05) is 0 Å². The van der Waals surface area contributed by atoms with Crippen LogP contribution in [-0.2, 0) is 9.59 Å². The number of halogens is 1. The molecule has 3 N–H and O–H groups in total. The number of carbonyl (C=O) groups excluding carboxylic acids is 2. The van der Waals surface area contributed by atoms with Crippen LogP contribution in [0.1, 0.15) is 19.8 Å². The normalized spacial score (nSPS) is 21.0. The molecular weight excluding hydrogens is 273 g/mol. The van der Waals surface area contributed by atoms with Gasteiger partial charge in [0, 0.05) is 18.5 Å². The van der Waals surface area contributed by atoms with Crippen LogP contribution in [-0.4, -0.2) is 37.5 Å². The van der Waals surface area contributed by atoms with Gasteiger partial charge in [-0.15, -0.1) is 0 Å². The number of nitrogens with one attached hydrogen (secondary N) is 3. The second-order valence-electron chi connectivity index (χ2n) is 5.27. The summed E-state index contributed by atoms with van der Waals surface area (Å²) in [5, 5.41) is 5.12. The summed E-state index contributed by atoms with van der Waals surface area (Å²) in [5.74, 6) is -1.76. The number of likely N-dealkylation sites (N-methyl/N-ethyl adjacent to an activating group) is 1. The lowest BCUT2D eigenvalue weighted by Gasteiger charge is -2.19. The molecule has 1 fully saturated rings. The van der Waals surface area contributed by atoms with Gasteiger partial charge in [0.15, 0.2) is 0 Å². The van der Waals surface area contributed by atoms with E-state index in [1.807, 2.05) is 0 Å². The molecule has 0 bridgehead atoms. The highest BCUT2D eigenvalue weighted by Crippen LogP contribution is 2.07. The highest BCUT2D eigenvalue weighted by Gasteiger charge is 2.27. The molecule has 1 aromatic rings. The fraction of sp³-hybridized carbons (Fsp3) is 0.467. The molecular formula is C15H21FN3O2+. The van der Waals surface area contributed by atoms with E-state index in [1.165, 1.54) is 29.2 Å². The van der Waals surface area contributed by atoms with Gasteiger partial charge in [-0.25, -0.2) is 4.39 Å². The first-order chi connectivity index (χ1) is 10.1. The van der Waals surface area contributed by atoms with E-state index in [4.69, 9.17) is 0 Å². The van der Waals surface area contributed by atoms with E-state index in [-0.39, 0.29) is 5.82 Å². The first-order valence-electron chi connectivity index (χ1n) is 7.29. The van der Waals surface area contributed by atoms with Crippen molar-refractivity contribution < 1.29 is 18.9 Å². The molecule has 2 atom stereocenters. The third-order valence-electron chi connectivity index (χ3n) is 3.90. The summed E-state index contributed by atoms with van der Waals surface area (Å²) in [6.45, 7) is 4.79. The second-order valence-corrected chi connectivity index (χ2v) is 5.27. The highest BCUT2D eigenvalue weighted by atomic mass is 19.1. The van der Waals surface area contributed by atoms with Crippen molar-refractivity contribution in [1.29, 1.82) is 0 Å². The van der Waals surface area contributed by atoms with Crippen LogP contribution < -0.4 is 15.5 Å². The van der Waals surface area contributed by atoms with Gasteiger partial charge in [-0.3, -0.25) is 9.59 Å². The summed E-state index contributed by atoms with van der Waals surface area (Å²) in [6, 6.07) is 5.68. The number of carbonyl (C=O) groups is 2. The van der Waals surface area contributed by atoms with Crippen LogP contribution >= 0.6 is 0 Å². The van der Waals surface area contributed by atoms with Gasteiger partial charge in [0.25, 0.3) is 0 Å². The molecule has 5 nitrogen and oxygen atoms in total. The molecule has 6 heteroatoms. The van der Waals surface area contributed by atoms with Crippen molar-refractivity contribution in [3.05, 3.63) is 30.1 Å². The second kappa shape index (κ2) is 7.17. The fourth-order valence-electron chi connectivity index (χ4n) is 2.71. The maximum Gasteiger partial charge on any atom is 0.313 e. The van der Waals surface area contributed by atoms with E-state index in [9.17, 15) is 14.0 Å². The summed E-state index contributed by atoms with van der Waals surface area (Å²) < 4.78 is 12.8. The zero-order valence-corrected chi connectivity index (χ0v) is 12.1. The van der Waals surface area contributed by atoms with Crippen molar-refractivity contribution in [2.24, 2.45) is 0 Å². The Bertz CT molecular complexity index is 504. The lowest BCUT2D eigenvalue weighted by atomic mass is 10.2. The maximum atomic E-state index is 12.8. The van der Waals surface area contributed by atoms with Gasteiger partial charge in [0.05, 0.1) is 19.6 Å². The van der Waals surface area contributed by atoms with E-state index < -0.39 is 11.8 Å². The van der Waals surface area contributed by atoms with Crippen LogP contribution in [0.15, 0.2) is 24.3 Å². The quantitative estimate of drug-likeness (QED) is 0.682. The summed E-state index contributed by atoms with van der Waals surface area (Å²) >= 11 is 0. The van der Waals surface area contributed by atoms with E-state index >= 15 is 0 Å². The summed E-state index contributed by atoms with van der Waals surface area (Å²) in [6.07, 6.45) is 2.23. The molecule has 1 aromatic carbocycles. The molecule has 0 aromatic heterocycles. The van der Waals surface area contributed by atoms with Gasteiger partial charge in [-0.05, 0) is 31.2 Å². The molecule has 114 valence electrons. The van der Waals surface area contributed by atoms with Crippen LogP contribution in [0.4, 0.5) is 10.1 Å². The Morgan fingerprint density at radius 3 is 2.67 bits per heavy atom. The van der Waals surface area contributed by atoms with Crippen molar-refractivity contribution in [2.45, 2.75) is 25.8 Å². The topological polar surface area (TPSA) is 62.6 Å². The molecule has 0 aliphatic carbocycles. The fourth-order valence-corrected chi connectivity index (χ4v) is 2.71. The van der Waals surface area contributed by atoms with Crippen LogP contribution in [0.2, 0.25) is 0 Å². The lowest BCUT2D eigenvalue weighted by Crippen LogP contribution is -3.14. The zero-order chi connectivity index (χ0) is 15.2. The molecule has 2 rings (SSSR count). The number of rotatable bonds is 4. The number of likely N-dealkylation sites (tertiary alicyclic amines) is 1. The van der Waals surface area contributed by atoms with E-state index in [2.05, 4.69) is 17.6 Å². The summed E-state index contributed by atoms with van der Waals surface area (Å²) in [4.78, 5) is 25.0. The molecule has 1 aliphatic rings. The predicted octanol–water partition coefficient (Wildman–Crippen LogP) is -0.0524. The summed E-state index contributed by atoms with van der Waals surface area (Å²) in [7, 11) is 0. The monoisotopic (exact) mass is 294 g/mol. The molecule has 1 heterocycles. The van der Waals surface area contributed by atoms with Gasteiger partial charge in [0.1, 0.15) is 11.9 Å². The average molecular weight is 294 g/mol. The largest absolute Gasteiger partial charge is 0.342 e.